The summed E-state index contributed by atoms with van der Waals surface area (Å²) >= 11 is 0. The summed E-state index contributed by atoms with van der Waals surface area (Å²) in [7, 11) is 8.04. The van der Waals surface area contributed by atoms with Crippen LogP contribution in [0.15, 0.2) is 67.0 Å². The first-order valence-corrected chi connectivity index (χ1v) is 11.8. The molecule has 0 atom stereocenters. The van der Waals surface area contributed by atoms with Crippen molar-refractivity contribution in [3.8, 4) is 28.7 Å². The van der Waals surface area contributed by atoms with Crippen LogP contribution in [0.4, 0.5) is 5.69 Å². The highest BCUT2D eigenvalue weighted by molar-refractivity contribution is 6.13. The molecule has 0 aliphatic carbocycles. The van der Waals surface area contributed by atoms with Crippen LogP contribution >= 0.6 is 0 Å². The molecule has 3 aromatic carbocycles. The molecule has 8 heteroatoms. The van der Waals surface area contributed by atoms with Gasteiger partial charge >= 0.3 is 0 Å². The number of hydrogen-bond donors (Lipinski definition) is 2. The van der Waals surface area contributed by atoms with Crippen molar-refractivity contribution in [3.05, 3.63) is 83.7 Å². The number of ether oxygens (including phenoxy) is 4. The Morgan fingerprint density at radius 1 is 0.895 bits per heavy atom. The van der Waals surface area contributed by atoms with Gasteiger partial charge in [0.05, 0.1) is 34.1 Å². The zero-order valence-electron chi connectivity index (χ0n) is 21.9. The minimum Gasteiger partial charge on any atom is -0.503 e. The number of carbonyl (C=O) groups excluding carboxylic acids is 1. The quantitative estimate of drug-likeness (QED) is 0.118. The number of rotatable bonds is 10. The van der Waals surface area contributed by atoms with E-state index in [9.17, 15) is 9.90 Å². The van der Waals surface area contributed by atoms with Gasteiger partial charge in [-0.2, -0.15) is 0 Å². The number of hydrogen-bond acceptors (Lipinski definition) is 7. The van der Waals surface area contributed by atoms with Gasteiger partial charge in [0.15, 0.2) is 28.8 Å². The van der Waals surface area contributed by atoms with Gasteiger partial charge in [0.2, 0.25) is 5.75 Å². The van der Waals surface area contributed by atoms with E-state index in [4.69, 9.17) is 18.9 Å². The van der Waals surface area contributed by atoms with Crippen LogP contribution in [0.1, 0.15) is 21.5 Å². The average molecular weight is 515 g/mol. The first kappa shape index (κ1) is 26.2. The number of nitrogens with zero attached hydrogens (tertiary/aromatic N) is 1. The standard InChI is InChI=1S/C30H30N2O6/c1-32-18-22(21-8-6-7-9-23(21)32)24(33)14-15-31-28-20(12-13-25(35-2)29(28)34)11-10-19-16-26(36-3)30(38-5)27(17-19)37-4/h6-18,31,34H,1-5H3. The molecule has 0 bridgehead atoms. The fraction of sp³-hybridized carbons (Fsp3) is 0.167. The first-order chi connectivity index (χ1) is 18.4. The predicted molar refractivity (Wildman–Crippen MR) is 150 cm³/mol. The zero-order chi connectivity index (χ0) is 27.2. The lowest BCUT2D eigenvalue weighted by Crippen LogP contribution is -1.98. The fourth-order valence-electron chi connectivity index (χ4n) is 4.26. The second kappa shape index (κ2) is 11.5. The van der Waals surface area contributed by atoms with Gasteiger partial charge in [-0.25, -0.2) is 0 Å². The first-order valence-electron chi connectivity index (χ1n) is 11.8. The number of aromatic hydroxyl groups is 1. The number of carbonyl (C=O) groups is 1. The van der Waals surface area contributed by atoms with Crippen LogP contribution in [-0.2, 0) is 7.05 Å². The summed E-state index contributed by atoms with van der Waals surface area (Å²) < 4.78 is 23.5. The van der Waals surface area contributed by atoms with Crippen molar-refractivity contribution in [1.29, 1.82) is 0 Å². The number of para-hydroxylation sites is 1. The lowest BCUT2D eigenvalue weighted by atomic mass is 10.1. The summed E-state index contributed by atoms with van der Waals surface area (Å²) in [6.45, 7) is 0. The zero-order valence-corrected chi connectivity index (χ0v) is 21.9. The number of benzene rings is 3. The van der Waals surface area contributed by atoms with E-state index in [2.05, 4.69) is 5.32 Å². The molecule has 0 aliphatic rings. The number of phenolic OH excluding ortho intramolecular Hbond substituents is 1. The highest BCUT2D eigenvalue weighted by Crippen LogP contribution is 2.40. The minimum atomic E-state index is -0.161. The molecular weight excluding hydrogens is 484 g/mol. The maximum absolute atomic E-state index is 13.0. The molecule has 8 nitrogen and oxygen atoms in total. The van der Waals surface area contributed by atoms with Crippen molar-refractivity contribution in [1.82, 2.24) is 4.57 Å². The van der Waals surface area contributed by atoms with E-state index in [-0.39, 0.29) is 11.5 Å². The number of nitrogens with one attached hydrogen (secondary N) is 1. The second-order valence-electron chi connectivity index (χ2n) is 8.39. The summed E-state index contributed by atoms with van der Waals surface area (Å²) in [4.78, 5) is 13.0. The number of anilines is 1. The molecule has 4 rings (SSSR count). The molecule has 0 amide bonds. The minimum absolute atomic E-state index is 0.0817. The molecule has 1 aromatic heterocycles. The van der Waals surface area contributed by atoms with Crippen LogP contribution in [0.5, 0.6) is 28.7 Å². The van der Waals surface area contributed by atoms with Gasteiger partial charge in [-0.05, 0) is 35.9 Å². The van der Waals surface area contributed by atoms with Crippen LogP contribution in [0.3, 0.4) is 0 Å². The van der Waals surface area contributed by atoms with E-state index in [1.807, 2.05) is 66.4 Å². The van der Waals surface area contributed by atoms with Crippen molar-refractivity contribution >= 4 is 34.5 Å². The van der Waals surface area contributed by atoms with Crippen LogP contribution in [0.2, 0.25) is 0 Å². The van der Waals surface area contributed by atoms with E-state index in [1.54, 1.807) is 33.5 Å². The smallest absolute Gasteiger partial charge is 0.203 e. The van der Waals surface area contributed by atoms with Gasteiger partial charge in [-0.15, -0.1) is 0 Å². The molecule has 1 heterocycles. The van der Waals surface area contributed by atoms with E-state index in [0.29, 0.717) is 39.8 Å². The highest BCUT2D eigenvalue weighted by Gasteiger charge is 2.15. The third-order valence-electron chi connectivity index (χ3n) is 6.16. The Morgan fingerprint density at radius 3 is 2.24 bits per heavy atom. The van der Waals surface area contributed by atoms with Gasteiger partial charge in [-0.1, -0.05) is 30.4 Å². The molecule has 0 spiro atoms. The summed E-state index contributed by atoms with van der Waals surface area (Å²) in [5.74, 6) is 1.60. The molecule has 0 unspecified atom stereocenters. The number of allylic oxidation sites excluding steroid dienone is 1. The van der Waals surface area contributed by atoms with Crippen LogP contribution in [0.25, 0.3) is 23.1 Å². The van der Waals surface area contributed by atoms with Crippen molar-refractivity contribution < 1.29 is 28.8 Å². The molecule has 38 heavy (non-hydrogen) atoms. The Hall–Kier alpha value is -4.85. The SMILES string of the molecule is COc1ccc(C=Cc2cc(OC)c(OC)c(OC)c2)c(NC=CC(=O)c2cn(C)c3ccccc23)c1O. The molecule has 196 valence electrons. The van der Waals surface area contributed by atoms with E-state index in [0.717, 1.165) is 16.5 Å². The predicted octanol–water partition coefficient (Wildman–Crippen LogP) is 5.90. The number of fused-ring (bicyclic) bond motifs is 1. The molecule has 0 saturated carbocycles. The van der Waals surface area contributed by atoms with E-state index >= 15 is 0 Å². The summed E-state index contributed by atoms with van der Waals surface area (Å²) in [6, 6.07) is 14.8. The molecule has 0 saturated heterocycles. The van der Waals surface area contributed by atoms with Gasteiger partial charge in [0.1, 0.15) is 0 Å². The molecule has 0 radical (unpaired) electrons. The van der Waals surface area contributed by atoms with Crippen LogP contribution < -0.4 is 24.3 Å². The Kier molecular flexibility index (Phi) is 7.91. The number of methoxy groups -OCH3 is 4. The van der Waals surface area contributed by atoms with Gasteiger partial charge < -0.3 is 33.9 Å². The normalized spacial score (nSPS) is 11.3. The lowest BCUT2D eigenvalue weighted by molar-refractivity contribution is 0.104. The van der Waals surface area contributed by atoms with Crippen molar-refractivity contribution in [2.24, 2.45) is 7.05 Å². The molecule has 0 aliphatic heterocycles. The monoisotopic (exact) mass is 514 g/mol. The largest absolute Gasteiger partial charge is 0.503 e. The maximum Gasteiger partial charge on any atom is 0.203 e. The molecular formula is C30H30N2O6. The van der Waals surface area contributed by atoms with Crippen molar-refractivity contribution in [2.45, 2.75) is 0 Å². The van der Waals surface area contributed by atoms with Crippen LogP contribution in [0, 0.1) is 0 Å². The van der Waals surface area contributed by atoms with Gasteiger partial charge in [-0.3, -0.25) is 4.79 Å². The number of phenols is 1. The van der Waals surface area contributed by atoms with Crippen LogP contribution in [-0.4, -0.2) is 43.9 Å². The highest BCUT2D eigenvalue weighted by atomic mass is 16.5. The van der Waals surface area contributed by atoms with E-state index < -0.39 is 0 Å². The second-order valence-corrected chi connectivity index (χ2v) is 8.39. The molecule has 2 N–H and O–H groups in total. The Labute approximate surface area is 221 Å². The lowest BCUT2D eigenvalue weighted by Gasteiger charge is -2.13. The van der Waals surface area contributed by atoms with Gasteiger partial charge in [0.25, 0.3) is 0 Å². The van der Waals surface area contributed by atoms with Crippen molar-refractivity contribution in [2.75, 3.05) is 33.8 Å². The molecule has 4 aromatic rings. The number of aromatic nitrogens is 1. The third-order valence-corrected chi connectivity index (χ3v) is 6.16. The van der Waals surface area contributed by atoms with Gasteiger partial charge in [0, 0.05) is 47.6 Å². The summed E-state index contributed by atoms with van der Waals surface area (Å²) in [5, 5.41) is 14.8. The maximum atomic E-state index is 13.0. The topological polar surface area (TPSA) is 91.2 Å². The summed E-state index contributed by atoms with van der Waals surface area (Å²) in [5.41, 5.74) is 3.41. The number of ketones is 1. The summed E-state index contributed by atoms with van der Waals surface area (Å²) in [6.07, 6.45) is 8.43. The van der Waals surface area contributed by atoms with E-state index in [1.165, 1.54) is 19.4 Å². The molecule has 0 fully saturated rings. The van der Waals surface area contributed by atoms with Crippen molar-refractivity contribution in [3.63, 3.8) is 0 Å². The Bertz CT molecular complexity index is 1510. The fourth-order valence-corrected chi connectivity index (χ4v) is 4.26. The number of aryl methyl sites for hydroxylation is 1. The Morgan fingerprint density at radius 2 is 1.58 bits per heavy atom. The average Bonchev–Trinajstić information content (AvgIpc) is 3.28. The Balaban J connectivity index is 1.64. The third kappa shape index (κ3) is 5.15.